The van der Waals surface area contributed by atoms with Crippen LogP contribution in [-0.2, 0) is 14.8 Å². The van der Waals surface area contributed by atoms with Crippen LogP contribution in [0, 0.1) is 5.92 Å². The van der Waals surface area contributed by atoms with E-state index < -0.39 is 10.0 Å². The number of halogens is 1. The first-order valence-corrected chi connectivity index (χ1v) is 9.65. The second-order valence-electron chi connectivity index (χ2n) is 5.99. The highest BCUT2D eigenvalue weighted by Gasteiger charge is 2.24. The minimum atomic E-state index is -3.21. The number of hydrogen-bond donors (Lipinski definition) is 1. The molecular weight excluding hydrogens is 431 g/mol. The summed E-state index contributed by atoms with van der Waals surface area (Å²) in [6, 6.07) is 0. The molecule has 0 saturated carbocycles. The number of piperidine rings is 1. The van der Waals surface area contributed by atoms with Gasteiger partial charge in [-0.05, 0) is 18.8 Å². The SMILES string of the molecule is CN=C(NCCS(=O)(=O)N1CCOCC1)N1CCCC(C)C1.I. The zero-order valence-corrected chi connectivity index (χ0v) is 17.2. The molecule has 0 aromatic carbocycles. The molecule has 1 unspecified atom stereocenters. The molecule has 0 bridgehead atoms. The second-order valence-corrected chi connectivity index (χ2v) is 8.08. The van der Waals surface area contributed by atoms with Gasteiger partial charge in [0.15, 0.2) is 5.96 Å². The van der Waals surface area contributed by atoms with Gasteiger partial charge in [-0.1, -0.05) is 6.92 Å². The lowest BCUT2D eigenvalue weighted by molar-refractivity contribution is 0.0730. The largest absolute Gasteiger partial charge is 0.379 e. The number of nitrogens with one attached hydrogen (secondary N) is 1. The molecular formula is C14H29IN4O3S. The zero-order valence-electron chi connectivity index (χ0n) is 14.0. The highest BCUT2D eigenvalue weighted by atomic mass is 127. The lowest BCUT2D eigenvalue weighted by Gasteiger charge is -2.33. The molecule has 2 rings (SSSR count). The maximum atomic E-state index is 12.3. The second kappa shape index (κ2) is 10.00. The van der Waals surface area contributed by atoms with E-state index in [9.17, 15) is 8.42 Å². The van der Waals surface area contributed by atoms with Crippen molar-refractivity contribution in [3.8, 4) is 0 Å². The molecule has 136 valence electrons. The van der Waals surface area contributed by atoms with Crippen LogP contribution >= 0.6 is 24.0 Å². The Morgan fingerprint density at radius 1 is 1.30 bits per heavy atom. The molecule has 1 atom stereocenters. The van der Waals surface area contributed by atoms with Crippen molar-refractivity contribution in [3.05, 3.63) is 0 Å². The molecule has 0 aliphatic carbocycles. The van der Waals surface area contributed by atoms with Crippen LogP contribution in [0.5, 0.6) is 0 Å². The van der Waals surface area contributed by atoms with Gasteiger partial charge in [0, 0.05) is 39.8 Å². The van der Waals surface area contributed by atoms with Gasteiger partial charge in [-0.3, -0.25) is 4.99 Å². The average Bonchev–Trinajstić information content (AvgIpc) is 2.52. The molecule has 2 aliphatic rings. The lowest BCUT2D eigenvalue weighted by Crippen LogP contribution is -2.48. The number of likely N-dealkylation sites (tertiary alicyclic amines) is 1. The summed E-state index contributed by atoms with van der Waals surface area (Å²) in [4.78, 5) is 6.50. The van der Waals surface area contributed by atoms with Crippen LogP contribution in [0.1, 0.15) is 19.8 Å². The topological polar surface area (TPSA) is 74.2 Å². The van der Waals surface area contributed by atoms with Gasteiger partial charge in [0.25, 0.3) is 0 Å². The maximum absolute atomic E-state index is 12.3. The summed E-state index contributed by atoms with van der Waals surface area (Å²) in [6.07, 6.45) is 2.41. The smallest absolute Gasteiger partial charge is 0.215 e. The number of aliphatic imine (C=N–C) groups is 1. The minimum absolute atomic E-state index is 0. The normalized spacial score (nSPS) is 24.2. The fraction of sp³-hybridized carbons (Fsp3) is 0.929. The van der Waals surface area contributed by atoms with Gasteiger partial charge in [-0.25, -0.2) is 8.42 Å². The summed E-state index contributed by atoms with van der Waals surface area (Å²) in [6.45, 7) is 6.48. The van der Waals surface area contributed by atoms with Crippen molar-refractivity contribution in [2.75, 3.05) is 58.7 Å². The van der Waals surface area contributed by atoms with Crippen molar-refractivity contribution in [3.63, 3.8) is 0 Å². The number of nitrogens with zero attached hydrogens (tertiary/aromatic N) is 3. The quantitative estimate of drug-likeness (QED) is 0.378. The third kappa shape index (κ3) is 6.35. The molecule has 0 aromatic rings. The molecule has 2 saturated heterocycles. The van der Waals surface area contributed by atoms with Crippen molar-refractivity contribution in [1.29, 1.82) is 0 Å². The third-order valence-corrected chi connectivity index (χ3v) is 6.05. The summed E-state index contributed by atoms with van der Waals surface area (Å²) >= 11 is 0. The summed E-state index contributed by atoms with van der Waals surface area (Å²) in [7, 11) is -1.46. The molecule has 2 heterocycles. The van der Waals surface area contributed by atoms with Crippen molar-refractivity contribution in [2.45, 2.75) is 19.8 Å². The van der Waals surface area contributed by atoms with E-state index in [2.05, 4.69) is 22.1 Å². The van der Waals surface area contributed by atoms with E-state index in [-0.39, 0.29) is 29.7 Å². The number of sulfonamides is 1. The highest BCUT2D eigenvalue weighted by molar-refractivity contribution is 14.0. The van der Waals surface area contributed by atoms with E-state index in [1.54, 1.807) is 7.05 Å². The van der Waals surface area contributed by atoms with Crippen molar-refractivity contribution in [2.24, 2.45) is 10.9 Å². The Labute approximate surface area is 156 Å². The summed E-state index contributed by atoms with van der Waals surface area (Å²) in [5, 5.41) is 3.19. The first-order chi connectivity index (χ1) is 10.5. The molecule has 7 nitrogen and oxygen atoms in total. The van der Waals surface area contributed by atoms with Crippen LogP contribution in [0.2, 0.25) is 0 Å². The van der Waals surface area contributed by atoms with Gasteiger partial charge >= 0.3 is 0 Å². The Kier molecular flexibility index (Phi) is 9.09. The van der Waals surface area contributed by atoms with E-state index in [1.165, 1.54) is 10.7 Å². The summed E-state index contributed by atoms with van der Waals surface area (Å²) in [5.41, 5.74) is 0. The van der Waals surface area contributed by atoms with Crippen LogP contribution in [0.4, 0.5) is 0 Å². The molecule has 9 heteroatoms. The molecule has 23 heavy (non-hydrogen) atoms. The summed E-state index contributed by atoms with van der Waals surface area (Å²) < 4.78 is 31.2. The van der Waals surface area contributed by atoms with Gasteiger partial charge in [0.05, 0.1) is 19.0 Å². The van der Waals surface area contributed by atoms with Gasteiger partial charge in [-0.2, -0.15) is 4.31 Å². The lowest BCUT2D eigenvalue weighted by atomic mass is 10.0. The maximum Gasteiger partial charge on any atom is 0.215 e. The Morgan fingerprint density at radius 2 is 2.00 bits per heavy atom. The number of morpholine rings is 1. The van der Waals surface area contributed by atoms with Crippen LogP contribution in [0.3, 0.4) is 0 Å². The molecule has 2 aliphatic heterocycles. The molecule has 0 radical (unpaired) electrons. The van der Waals surface area contributed by atoms with Crippen LogP contribution in [-0.4, -0.2) is 82.3 Å². The molecule has 0 aromatic heterocycles. The van der Waals surface area contributed by atoms with Gasteiger partial charge < -0.3 is 15.0 Å². The van der Waals surface area contributed by atoms with Crippen molar-refractivity contribution < 1.29 is 13.2 Å². The standard InChI is InChI=1S/C14H28N4O3S.HI/c1-13-4-3-6-17(12-13)14(15-2)16-5-11-22(19,20)18-7-9-21-10-8-18;/h13H,3-12H2,1-2H3,(H,15,16);1H. The predicted molar refractivity (Wildman–Crippen MR) is 103 cm³/mol. The highest BCUT2D eigenvalue weighted by Crippen LogP contribution is 2.15. The van der Waals surface area contributed by atoms with Gasteiger partial charge in [0.2, 0.25) is 10.0 Å². The van der Waals surface area contributed by atoms with E-state index in [0.29, 0.717) is 38.8 Å². The Hall–Kier alpha value is -0.130. The first-order valence-electron chi connectivity index (χ1n) is 8.04. The van der Waals surface area contributed by atoms with E-state index in [0.717, 1.165) is 25.5 Å². The molecule has 2 fully saturated rings. The Morgan fingerprint density at radius 3 is 2.61 bits per heavy atom. The number of guanidine groups is 1. The molecule has 0 amide bonds. The summed E-state index contributed by atoms with van der Waals surface area (Å²) in [5.74, 6) is 1.56. The van der Waals surface area contributed by atoms with Crippen LogP contribution in [0.15, 0.2) is 4.99 Å². The molecule has 1 N–H and O–H groups in total. The fourth-order valence-corrected chi connectivity index (χ4v) is 4.28. The zero-order chi connectivity index (χ0) is 16.0. The Bertz CT molecular complexity index is 480. The van der Waals surface area contributed by atoms with Gasteiger partial charge in [0.1, 0.15) is 0 Å². The number of rotatable bonds is 4. The van der Waals surface area contributed by atoms with Crippen molar-refractivity contribution >= 4 is 40.0 Å². The number of hydrogen-bond acceptors (Lipinski definition) is 4. The van der Waals surface area contributed by atoms with Crippen LogP contribution in [0.25, 0.3) is 0 Å². The van der Waals surface area contributed by atoms with E-state index >= 15 is 0 Å². The minimum Gasteiger partial charge on any atom is -0.379 e. The molecule has 0 spiro atoms. The van der Waals surface area contributed by atoms with E-state index in [1.807, 2.05) is 0 Å². The third-order valence-electron chi connectivity index (χ3n) is 4.17. The van der Waals surface area contributed by atoms with Gasteiger partial charge in [-0.15, -0.1) is 24.0 Å². The monoisotopic (exact) mass is 460 g/mol. The fourth-order valence-electron chi connectivity index (χ4n) is 2.96. The first kappa shape index (κ1) is 20.9. The Balaban J connectivity index is 0.00000264. The van der Waals surface area contributed by atoms with Crippen molar-refractivity contribution in [1.82, 2.24) is 14.5 Å². The number of ether oxygens (including phenoxy) is 1. The average molecular weight is 460 g/mol. The van der Waals surface area contributed by atoms with Crippen LogP contribution < -0.4 is 5.32 Å². The predicted octanol–water partition coefficient (Wildman–Crippen LogP) is 0.574. The van der Waals surface area contributed by atoms with E-state index in [4.69, 9.17) is 4.74 Å².